The summed E-state index contributed by atoms with van der Waals surface area (Å²) in [5.41, 5.74) is 17.2. The van der Waals surface area contributed by atoms with Crippen molar-refractivity contribution in [3.05, 3.63) is 209 Å². The Labute approximate surface area is 438 Å². The number of hydrogen-bond acceptors (Lipinski definition) is 4. The van der Waals surface area contributed by atoms with Crippen LogP contribution < -0.4 is 9.80 Å². The van der Waals surface area contributed by atoms with Crippen LogP contribution in [0.25, 0.3) is 70.6 Å². The van der Waals surface area contributed by atoms with Gasteiger partial charge < -0.3 is 14.4 Å². The van der Waals surface area contributed by atoms with Crippen LogP contribution in [0.3, 0.4) is 0 Å². The summed E-state index contributed by atoms with van der Waals surface area (Å²) < 4.78 is 3.64. The minimum atomic E-state index is -0.181. The van der Waals surface area contributed by atoms with Crippen LogP contribution in [0.15, 0.2) is 181 Å². The van der Waals surface area contributed by atoms with E-state index in [0.29, 0.717) is 10.6 Å². The molecule has 12 rings (SSSR count). The van der Waals surface area contributed by atoms with Crippen molar-refractivity contribution in [2.45, 2.75) is 78.6 Å². The van der Waals surface area contributed by atoms with Crippen molar-refractivity contribution in [1.82, 2.24) is 4.57 Å². The summed E-state index contributed by atoms with van der Waals surface area (Å²) in [4.78, 5) is 4.61. The predicted molar refractivity (Wildman–Crippen MR) is 313 cm³/mol. The van der Waals surface area contributed by atoms with Crippen LogP contribution in [0.1, 0.15) is 84.6 Å². The van der Waals surface area contributed by atoms with Crippen molar-refractivity contribution >= 4 is 99.7 Å². The van der Waals surface area contributed by atoms with E-state index in [9.17, 15) is 5.26 Å². The zero-order valence-corrected chi connectivity index (χ0v) is 44.5. The molecule has 1 aliphatic rings. The van der Waals surface area contributed by atoms with Gasteiger partial charge in [0.25, 0.3) is 0 Å². The van der Waals surface area contributed by atoms with Crippen LogP contribution in [0.5, 0.6) is 0 Å². The number of thiophene rings is 1. The molecule has 358 valence electrons. The fraction of sp³-hybridized carbons (Fsp3) is 0.179. The molecule has 0 aliphatic carbocycles. The molecule has 0 saturated heterocycles. The predicted octanol–water partition coefficient (Wildman–Crippen LogP) is 20.2. The summed E-state index contributed by atoms with van der Waals surface area (Å²) >= 11 is 9.93. The third-order valence-corrected chi connectivity index (χ3v) is 16.2. The Balaban J connectivity index is 1.14. The highest BCUT2D eigenvalue weighted by Crippen LogP contribution is 2.56. The molecule has 0 spiro atoms. The van der Waals surface area contributed by atoms with E-state index in [2.05, 4.69) is 252 Å². The van der Waals surface area contributed by atoms with Crippen molar-refractivity contribution in [3.8, 4) is 34.0 Å². The molecule has 6 heteroatoms. The first kappa shape index (κ1) is 46.5. The van der Waals surface area contributed by atoms with E-state index in [1.54, 1.807) is 11.3 Å². The average molecular weight is 986 g/mol. The largest absolute Gasteiger partial charge is 0.307 e. The van der Waals surface area contributed by atoms with Gasteiger partial charge >= 0.3 is 0 Å². The lowest BCUT2D eigenvalue weighted by atomic mass is 9.84. The molecule has 73 heavy (non-hydrogen) atoms. The molecular formula is C67H57ClN4S. The molecule has 0 bridgehead atoms. The molecule has 1 aliphatic heterocycles. The topological polar surface area (TPSA) is 35.2 Å². The van der Waals surface area contributed by atoms with E-state index < -0.39 is 0 Å². The molecule has 3 heterocycles. The minimum absolute atomic E-state index is 0.0444. The lowest BCUT2D eigenvalue weighted by Crippen LogP contribution is -2.22. The number of hydrogen-bond donors (Lipinski definition) is 0. The van der Waals surface area contributed by atoms with Gasteiger partial charge in [-0.15, -0.1) is 11.3 Å². The van der Waals surface area contributed by atoms with Crippen molar-refractivity contribution < 1.29 is 0 Å². The van der Waals surface area contributed by atoms with Gasteiger partial charge in [0.15, 0.2) is 0 Å². The van der Waals surface area contributed by atoms with Crippen molar-refractivity contribution in [3.63, 3.8) is 0 Å². The Bertz CT molecular complexity index is 4050. The molecule has 0 radical (unpaired) electrons. The highest BCUT2D eigenvalue weighted by Gasteiger charge is 2.35. The quantitative estimate of drug-likeness (QED) is 0.167. The first-order chi connectivity index (χ1) is 35.0. The van der Waals surface area contributed by atoms with Gasteiger partial charge in [0.05, 0.1) is 61.8 Å². The highest BCUT2D eigenvalue weighted by atomic mass is 35.5. The molecule has 0 amide bonds. The monoisotopic (exact) mass is 984 g/mol. The van der Waals surface area contributed by atoms with Gasteiger partial charge in [-0.1, -0.05) is 177 Å². The molecule has 0 saturated carbocycles. The molecule has 0 unspecified atom stereocenters. The standard InChI is InChI=1S/C67H57ClN4S/c1-65(2,3)46-25-29-55-52(35-46)53-36-48(67(7,8)9)38-60-64(53)72(55)57-37-47(66(4,5)6)26-30-56(57)71(60)59-33-41(39-69)32-58(63(59)68)70(61-40-73-62-31-24-45(34-54(61)62)42-16-11-10-12-17-42)49-27-22-44(23-28-49)51-21-15-19-43-18-13-14-20-50(43)51/h10-38,40H,1-9H3. The number of rotatable bonds is 6. The lowest BCUT2D eigenvalue weighted by molar-refractivity contribution is 0.589. The summed E-state index contributed by atoms with van der Waals surface area (Å²) in [5.74, 6) is 0. The van der Waals surface area contributed by atoms with Gasteiger partial charge in [-0.3, -0.25) is 0 Å². The molecule has 9 aromatic carbocycles. The summed E-state index contributed by atoms with van der Waals surface area (Å²) in [6.07, 6.45) is 0. The zero-order valence-electron chi connectivity index (χ0n) is 42.9. The van der Waals surface area contributed by atoms with Crippen LogP contribution >= 0.6 is 22.9 Å². The van der Waals surface area contributed by atoms with E-state index in [4.69, 9.17) is 11.6 Å². The average Bonchev–Trinajstić information content (AvgIpc) is 3.96. The SMILES string of the molecule is CC(C)(C)c1ccc2c(c1)-n1c3ccc(C(C)(C)C)cc3c3cc(C(C)(C)C)cc(c31)N2c1cc(C#N)cc(N(c2ccc(-c3cccc4ccccc34)cc2)c2csc3ccc(-c4ccccc4)cc23)c1Cl. The molecule has 0 N–H and O–H groups in total. The third-order valence-electron chi connectivity index (χ3n) is 14.9. The summed E-state index contributed by atoms with van der Waals surface area (Å²) in [7, 11) is 0. The molecule has 0 fully saturated rings. The Morgan fingerprint density at radius 3 is 1.89 bits per heavy atom. The van der Waals surface area contributed by atoms with Gasteiger partial charge in [0, 0.05) is 31.9 Å². The van der Waals surface area contributed by atoms with Crippen LogP contribution in [0.4, 0.5) is 34.1 Å². The second-order valence-electron chi connectivity index (χ2n) is 22.8. The van der Waals surface area contributed by atoms with E-state index in [1.807, 2.05) is 12.1 Å². The fourth-order valence-electron chi connectivity index (χ4n) is 10.9. The van der Waals surface area contributed by atoms with Crippen LogP contribution in [-0.4, -0.2) is 4.57 Å². The number of nitrogens with zero attached hydrogens (tertiary/aromatic N) is 4. The van der Waals surface area contributed by atoms with E-state index in [-0.39, 0.29) is 16.2 Å². The molecule has 0 atom stereocenters. The van der Waals surface area contributed by atoms with Crippen LogP contribution in [-0.2, 0) is 16.2 Å². The molecule has 4 nitrogen and oxygen atoms in total. The van der Waals surface area contributed by atoms with Gasteiger partial charge in [-0.25, -0.2) is 0 Å². The second-order valence-corrected chi connectivity index (χ2v) is 24.1. The lowest BCUT2D eigenvalue weighted by Gasteiger charge is -2.37. The minimum Gasteiger partial charge on any atom is -0.307 e. The first-order valence-corrected chi connectivity index (χ1v) is 26.5. The second kappa shape index (κ2) is 17.0. The van der Waals surface area contributed by atoms with Gasteiger partial charge in [-0.05, 0) is 139 Å². The fourth-order valence-corrected chi connectivity index (χ4v) is 12.0. The molecular weight excluding hydrogens is 928 g/mol. The van der Waals surface area contributed by atoms with Crippen LogP contribution in [0.2, 0.25) is 5.02 Å². The number of fused-ring (bicyclic) bond motifs is 7. The number of halogens is 1. The summed E-state index contributed by atoms with van der Waals surface area (Å²) in [5, 5.41) is 19.9. The van der Waals surface area contributed by atoms with Crippen LogP contribution in [0, 0.1) is 11.3 Å². The van der Waals surface area contributed by atoms with E-state index in [0.717, 1.165) is 77.6 Å². The molecule has 11 aromatic rings. The normalized spacial score (nSPS) is 12.8. The maximum absolute atomic E-state index is 11.2. The highest BCUT2D eigenvalue weighted by molar-refractivity contribution is 7.17. The summed E-state index contributed by atoms with van der Waals surface area (Å²) in [6.45, 7) is 20.6. The van der Waals surface area contributed by atoms with Gasteiger partial charge in [0.1, 0.15) is 0 Å². The Hall–Kier alpha value is -7.62. The number of nitriles is 1. The Morgan fingerprint density at radius 2 is 1.15 bits per heavy atom. The maximum Gasteiger partial charge on any atom is 0.0993 e. The first-order valence-electron chi connectivity index (χ1n) is 25.2. The van der Waals surface area contributed by atoms with E-state index in [1.165, 1.54) is 43.8 Å². The van der Waals surface area contributed by atoms with Crippen molar-refractivity contribution in [2.75, 3.05) is 9.80 Å². The van der Waals surface area contributed by atoms with Gasteiger partial charge in [-0.2, -0.15) is 5.26 Å². The van der Waals surface area contributed by atoms with Gasteiger partial charge in [0.2, 0.25) is 0 Å². The number of aromatic nitrogens is 1. The Kier molecular flexibility index (Phi) is 10.8. The molecule has 2 aromatic heterocycles. The van der Waals surface area contributed by atoms with Crippen molar-refractivity contribution in [1.29, 1.82) is 5.26 Å². The number of benzene rings is 9. The smallest absolute Gasteiger partial charge is 0.0993 e. The number of anilines is 6. The van der Waals surface area contributed by atoms with Crippen molar-refractivity contribution in [2.24, 2.45) is 0 Å². The third kappa shape index (κ3) is 7.79. The maximum atomic E-state index is 11.2. The Morgan fingerprint density at radius 1 is 0.493 bits per heavy atom. The summed E-state index contributed by atoms with van der Waals surface area (Å²) in [6, 6.07) is 66.4. The zero-order chi connectivity index (χ0) is 50.7. The van der Waals surface area contributed by atoms with E-state index >= 15 is 0 Å².